The highest BCUT2D eigenvalue weighted by molar-refractivity contribution is 7.97. The smallest absolute Gasteiger partial charge is 0.269 e. The van der Waals surface area contributed by atoms with Gasteiger partial charge in [0.15, 0.2) is 4.91 Å². The van der Waals surface area contributed by atoms with E-state index in [9.17, 15) is 13.2 Å². The Labute approximate surface area is 154 Å². The van der Waals surface area contributed by atoms with Crippen LogP contribution in [0, 0.1) is 6.92 Å². The van der Waals surface area contributed by atoms with Gasteiger partial charge in [-0.3, -0.25) is 4.79 Å². The lowest BCUT2D eigenvalue weighted by Crippen LogP contribution is -2.27. The zero-order chi connectivity index (χ0) is 18.9. The number of aryl methyl sites for hydroxylation is 1. The molecule has 0 saturated carbocycles. The van der Waals surface area contributed by atoms with Gasteiger partial charge < -0.3 is 10.6 Å². The molecule has 3 rings (SSSR count). The van der Waals surface area contributed by atoms with Gasteiger partial charge in [-0.1, -0.05) is 42.8 Å². The van der Waals surface area contributed by atoms with E-state index in [4.69, 9.17) is 0 Å². The van der Waals surface area contributed by atoms with E-state index < -0.39 is 15.7 Å². The highest BCUT2D eigenvalue weighted by atomic mass is 32.2. The number of nitrogens with one attached hydrogen (secondary N) is 2. The van der Waals surface area contributed by atoms with Gasteiger partial charge in [-0.25, -0.2) is 8.42 Å². The number of hydrogen-bond donors (Lipinski definition) is 2. The minimum absolute atomic E-state index is 0.0357. The average molecular weight is 370 g/mol. The maximum atomic E-state index is 13.0. The van der Waals surface area contributed by atoms with Crippen molar-refractivity contribution >= 4 is 27.1 Å². The van der Waals surface area contributed by atoms with Gasteiger partial charge in [-0.15, -0.1) is 0 Å². The molecule has 1 aliphatic rings. The highest BCUT2D eigenvalue weighted by Crippen LogP contribution is 2.38. The first-order valence-corrected chi connectivity index (χ1v) is 10.1. The van der Waals surface area contributed by atoms with E-state index in [1.807, 2.05) is 32.9 Å². The van der Waals surface area contributed by atoms with Crippen molar-refractivity contribution in [3.05, 3.63) is 64.6 Å². The van der Waals surface area contributed by atoms with Crippen LogP contribution in [0.3, 0.4) is 0 Å². The summed E-state index contributed by atoms with van der Waals surface area (Å²) in [6.45, 7) is 5.90. The molecule has 2 aromatic rings. The SMILES string of the molecule is CCC(C)NC1=C(C(=O)Nc2ccc(C)cc2)S(=O)(=O)c2ccccc21. The summed E-state index contributed by atoms with van der Waals surface area (Å²) < 4.78 is 26.0. The zero-order valence-corrected chi connectivity index (χ0v) is 15.9. The molecule has 2 N–H and O–H groups in total. The number of benzene rings is 2. The standard InChI is InChI=1S/C20H22N2O3S/c1-4-14(3)21-18-16-7-5-6-8-17(16)26(24,25)19(18)20(23)22-15-11-9-13(2)10-12-15/h5-12,14,21H,4H2,1-3H3,(H,22,23). The predicted octanol–water partition coefficient (Wildman–Crippen LogP) is 3.48. The molecule has 0 fully saturated rings. The number of anilines is 1. The van der Waals surface area contributed by atoms with Crippen LogP contribution in [0.4, 0.5) is 5.69 Å². The maximum absolute atomic E-state index is 13.0. The van der Waals surface area contributed by atoms with Crippen molar-refractivity contribution in [3.63, 3.8) is 0 Å². The lowest BCUT2D eigenvalue weighted by Gasteiger charge is -2.16. The molecule has 1 heterocycles. The number of carbonyl (C=O) groups excluding carboxylic acids is 1. The van der Waals surface area contributed by atoms with E-state index in [1.54, 1.807) is 30.3 Å². The van der Waals surface area contributed by atoms with Gasteiger partial charge in [-0.2, -0.15) is 0 Å². The Morgan fingerprint density at radius 1 is 1.08 bits per heavy atom. The third-order valence-electron chi connectivity index (χ3n) is 4.46. The van der Waals surface area contributed by atoms with Gasteiger partial charge in [0.1, 0.15) is 0 Å². The summed E-state index contributed by atoms with van der Waals surface area (Å²) in [5.41, 5.74) is 2.53. The third-order valence-corrected chi connectivity index (χ3v) is 6.32. The molecule has 1 amide bonds. The molecule has 5 nitrogen and oxygen atoms in total. The molecule has 136 valence electrons. The predicted molar refractivity (Wildman–Crippen MR) is 103 cm³/mol. The number of fused-ring (bicyclic) bond motifs is 1. The van der Waals surface area contributed by atoms with Crippen LogP contribution in [0.25, 0.3) is 5.70 Å². The molecule has 1 atom stereocenters. The van der Waals surface area contributed by atoms with Gasteiger partial charge in [0, 0.05) is 17.3 Å². The first-order valence-electron chi connectivity index (χ1n) is 8.58. The van der Waals surface area contributed by atoms with Gasteiger partial charge in [-0.05, 0) is 38.5 Å². The van der Waals surface area contributed by atoms with Crippen LogP contribution in [0.2, 0.25) is 0 Å². The Morgan fingerprint density at radius 2 is 1.73 bits per heavy atom. The van der Waals surface area contributed by atoms with E-state index in [0.29, 0.717) is 16.9 Å². The fourth-order valence-corrected chi connectivity index (χ4v) is 4.50. The van der Waals surface area contributed by atoms with Crippen molar-refractivity contribution in [2.24, 2.45) is 0 Å². The fourth-order valence-electron chi connectivity index (χ4n) is 2.83. The Hall–Kier alpha value is -2.60. The second kappa shape index (κ2) is 6.96. The van der Waals surface area contributed by atoms with Gasteiger partial charge in [0.25, 0.3) is 5.91 Å². The topological polar surface area (TPSA) is 75.3 Å². The molecule has 1 unspecified atom stereocenters. The lowest BCUT2D eigenvalue weighted by atomic mass is 10.1. The van der Waals surface area contributed by atoms with Crippen molar-refractivity contribution in [1.29, 1.82) is 0 Å². The van der Waals surface area contributed by atoms with Gasteiger partial charge in [0.05, 0.1) is 10.6 Å². The largest absolute Gasteiger partial charge is 0.381 e. The summed E-state index contributed by atoms with van der Waals surface area (Å²) >= 11 is 0. The van der Waals surface area contributed by atoms with Crippen molar-refractivity contribution in [2.45, 2.75) is 38.1 Å². The summed E-state index contributed by atoms with van der Waals surface area (Å²) in [6, 6.07) is 14.0. The first-order chi connectivity index (χ1) is 12.3. The summed E-state index contributed by atoms with van der Waals surface area (Å²) in [4.78, 5) is 12.8. The van der Waals surface area contributed by atoms with Gasteiger partial charge in [0.2, 0.25) is 9.84 Å². The highest BCUT2D eigenvalue weighted by Gasteiger charge is 2.40. The number of sulfone groups is 1. The van der Waals surface area contributed by atoms with E-state index in [-0.39, 0.29) is 15.8 Å². The molecule has 2 aromatic carbocycles. The summed E-state index contributed by atoms with van der Waals surface area (Å²) in [7, 11) is -3.87. The fraction of sp³-hybridized carbons (Fsp3) is 0.250. The summed E-state index contributed by atoms with van der Waals surface area (Å²) in [6.07, 6.45) is 0.804. The molecule has 1 aliphatic heterocycles. The molecule has 0 spiro atoms. The Morgan fingerprint density at radius 3 is 2.38 bits per heavy atom. The summed E-state index contributed by atoms with van der Waals surface area (Å²) in [5, 5.41) is 5.91. The van der Waals surface area contributed by atoms with Crippen molar-refractivity contribution in [1.82, 2.24) is 5.32 Å². The zero-order valence-electron chi connectivity index (χ0n) is 15.0. The van der Waals surface area contributed by atoms with Crippen molar-refractivity contribution < 1.29 is 13.2 Å². The molecule has 0 aromatic heterocycles. The second-order valence-corrected chi connectivity index (χ2v) is 8.33. The maximum Gasteiger partial charge on any atom is 0.269 e. The summed E-state index contributed by atoms with van der Waals surface area (Å²) in [5.74, 6) is -0.629. The minimum atomic E-state index is -3.87. The van der Waals surface area contributed by atoms with Gasteiger partial charge >= 0.3 is 0 Å². The van der Waals surface area contributed by atoms with E-state index in [0.717, 1.165) is 12.0 Å². The van der Waals surface area contributed by atoms with Crippen LogP contribution in [0.15, 0.2) is 58.3 Å². The number of rotatable bonds is 5. The van der Waals surface area contributed by atoms with Crippen molar-refractivity contribution in [3.8, 4) is 0 Å². The lowest BCUT2D eigenvalue weighted by molar-refractivity contribution is -0.112. The number of amides is 1. The van der Waals surface area contributed by atoms with Crippen LogP contribution in [-0.2, 0) is 14.6 Å². The van der Waals surface area contributed by atoms with Crippen LogP contribution >= 0.6 is 0 Å². The Bertz CT molecular complexity index is 976. The Kier molecular flexibility index (Phi) is 4.87. The molecule has 0 aliphatic carbocycles. The quantitative estimate of drug-likeness (QED) is 0.845. The third kappa shape index (κ3) is 3.24. The minimum Gasteiger partial charge on any atom is -0.381 e. The van der Waals surface area contributed by atoms with E-state index in [2.05, 4.69) is 10.6 Å². The normalized spacial score (nSPS) is 16.1. The molecule has 6 heteroatoms. The molecule has 0 bridgehead atoms. The monoisotopic (exact) mass is 370 g/mol. The molecular formula is C20H22N2O3S. The molecular weight excluding hydrogens is 348 g/mol. The second-order valence-electron chi connectivity index (χ2n) is 6.48. The number of carbonyl (C=O) groups is 1. The van der Waals surface area contributed by atoms with Crippen LogP contribution < -0.4 is 10.6 Å². The van der Waals surface area contributed by atoms with Crippen LogP contribution in [0.5, 0.6) is 0 Å². The van der Waals surface area contributed by atoms with E-state index in [1.165, 1.54) is 6.07 Å². The van der Waals surface area contributed by atoms with Crippen LogP contribution in [0.1, 0.15) is 31.4 Å². The average Bonchev–Trinajstić information content (AvgIpc) is 2.84. The molecule has 0 radical (unpaired) electrons. The number of hydrogen-bond acceptors (Lipinski definition) is 4. The van der Waals surface area contributed by atoms with E-state index >= 15 is 0 Å². The van der Waals surface area contributed by atoms with Crippen LogP contribution in [-0.4, -0.2) is 20.4 Å². The van der Waals surface area contributed by atoms with Crippen molar-refractivity contribution in [2.75, 3.05) is 5.32 Å². The molecule has 26 heavy (non-hydrogen) atoms. The Balaban J connectivity index is 2.06. The first kappa shape index (κ1) is 18.2. The molecule has 0 saturated heterocycles.